The first kappa shape index (κ1) is 24.2. The van der Waals surface area contributed by atoms with E-state index < -0.39 is 0 Å². The highest BCUT2D eigenvalue weighted by Crippen LogP contribution is 2.33. The van der Waals surface area contributed by atoms with Gasteiger partial charge in [-0.05, 0) is 75.2 Å². The van der Waals surface area contributed by atoms with Crippen molar-refractivity contribution in [2.24, 2.45) is 0 Å². The number of halogens is 1. The second-order valence-electron chi connectivity index (χ2n) is 8.40. The molecule has 0 aliphatic rings. The molecule has 8 heteroatoms. The van der Waals surface area contributed by atoms with Crippen molar-refractivity contribution in [3.05, 3.63) is 70.0 Å². The van der Waals surface area contributed by atoms with Crippen LogP contribution in [0, 0.1) is 20.8 Å². The number of nitrogens with zero attached hydrogens (tertiary/aromatic N) is 4. The maximum absolute atomic E-state index is 13.7. The maximum Gasteiger partial charge on any atom is 0.260 e. The van der Waals surface area contributed by atoms with Crippen LogP contribution in [0.25, 0.3) is 10.2 Å². The first-order valence-corrected chi connectivity index (χ1v) is 12.7. The molecule has 2 aromatic heterocycles. The minimum Gasteiger partial charge on any atom is -0.494 e. The Morgan fingerprint density at radius 2 is 1.91 bits per heavy atom. The summed E-state index contributed by atoms with van der Waals surface area (Å²) in [5.74, 6) is 0.661. The van der Waals surface area contributed by atoms with E-state index in [1.54, 1.807) is 4.90 Å². The Kier molecular flexibility index (Phi) is 7.54. The second-order valence-corrected chi connectivity index (χ2v) is 9.84. The number of unbranched alkanes of at least 4 members (excludes halogenated alkanes) is 1. The summed E-state index contributed by atoms with van der Waals surface area (Å²) in [5.41, 5.74) is 4.47. The molecular formula is C26H29ClN4O2S. The van der Waals surface area contributed by atoms with Gasteiger partial charge in [0.15, 0.2) is 5.13 Å². The molecule has 0 saturated heterocycles. The van der Waals surface area contributed by atoms with Gasteiger partial charge >= 0.3 is 0 Å². The fourth-order valence-electron chi connectivity index (χ4n) is 3.82. The molecule has 6 nitrogen and oxygen atoms in total. The van der Waals surface area contributed by atoms with E-state index in [1.807, 2.05) is 67.9 Å². The maximum atomic E-state index is 13.7. The smallest absolute Gasteiger partial charge is 0.260 e. The zero-order valence-corrected chi connectivity index (χ0v) is 21.5. The third-order valence-electron chi connectivity index (χ3n) is 5.62. The van der Waals surface area contributed by atoms with Crippen molar-refractivity contribution in [3.8, 4) is 5.75 Å². The van der Waals surface area contributed by atoms with E-state index in [4.69, 9.17) is 21.3 Å². The van der Waals surface area contributed by atoms with Crippen molar-refractivity contribution in [2.75, 3.05) is 18.1 Å². The molecule has 4 rings (SSSR count). The summed E-state index contributed by atoms with van der Waals surface area (Å²) in [5, 5.41) is 5.87. The highest BCUT2D eigenvalue weighted by Gasteiger charge is 2.22. The number of aromatic nitrogens is 3. The number of hydrogen-bond donors (Lipinski definition) is 0. The van der Waals surface area contributed by atoms with Crippen molar-refractivity contribution in [3.63, 3.8) is 0 Å². The topological polar surface area (TPSA) is 60.2 Å². The van der Waals surface area contributed by atoms with Crippen molar-refractivity contribution in [1.82, 2.24) is 14.8 Å². The number of amides is 1. The number of carbonyl (C=O) groups is 1. The summed E-state index contributed by atoms with van der Waals surface area (Å²) >= 11 is 7.74. The van der Waals surface area contributed by atoms with Crippen LogP contribution in [0.4, 0.5) is 5.13 Å². The fraction of sp³-hybridized carbons (Fsp3) is 0.346. The quantitative estimate of drug-likeness (QED) is 0.245. The number of aryl methyl sites for hydroxylation is 3. The molecule has 2 heterocycles. The number of hydrogen-bond acceptors (Lipinski definition) is 5. The number of carbonyl (C=O) groups excluding carboxylic acids is 1. The molecule has 34 heavy (non-hydrogen) atoms. The van der Waals surface area contributed by atoms with Crippen LogP contribution in [-0.4, -0.2) is 33.8 Å². The largest absolute Gasteiger partial charge is 0.494 e. The standard InChI is InChI=1S/C26H29ClN4O2S/c1-5-6-13-33-22-9-7-20(8-10-22)25(32)30(11-12-31-19(4)15-18(3)29-31)26-28-24-17(2)14-21(27)16-23(24)34-26/h7-10,14-16H,5-6,11-13H2,1-4H3. The second kappa shape index (κ2) is 10.6. The lowest BCUT2D eigenvalue weighted by atomic mass is 10.2. The lowest BCUT2D eigenvalue weighted by molar-refractivity contribution is 0.0985. The van der Waals surface area contributed by atoms with E-state index >= 15 is 0 Å². The molecule has 0 aliphatic carbocycles. The Balaban J connectivity index is 1.63. The summed E-state index contributed by atoms with van der Waals surface area (Å²) in [7, 11) is 0. The third-order valence-corrected chi connectivity index (χ3v) is 6.87. The molecular weight excluding hydrogens is 468 g/mol. The zero-order valence-electron chi connectivity index (χ0n) is 20.0. The minimum absolute atomic E-state index is 0.107. The van der Waals surface area contributed by atoms with Gasteiger partial charge in [0, 0.05) is 22.8 Å². The summed E-state index contributed by atoms with van der Waals surface area (Å²) < 4.78 is 8.64. The number of benzene rings is 2. The Labute approximate surface area is 209 Å². The van der Waals surface area contributed by atoms with Crippen LogP contribution >= 0.6 is 22.9 Å². The number of ether oxygens (including phenoxy) is 1. The predicted molar refractivity (Wildman–Crippen MR) is 140 cm³/mol. The number of fused-ring (bicyclic) bond motifs is 1. The first-order chi connectivity index (χ1) is 16.4. The van der Waals surface area contributed by atoms with E-state index in [2.05, 4.69) is 12.0 Å². The normalized spacial score (nSPS) is 11.2. The van der Waals surface area contributed by atoms with Gasteiger partial charge in [-0.25, -0.2) is 4.98 Å². The van der Waals surface area contributed by atoms with Gasteiger partial charge in [-0.3, -0.25) is 14.4 Å². The average molecular weight is 497 g/mol. The molecule has 0 spiro atoms. The monoisotopic (exact) mass is 496 g/mol. The molecule has 0 unspecified atom stereocenters. The van der Waals surface area contributed by atoms with Gasteiger partial charge in [0.25, 0.3) is 5.91 Å². The molecule has 0 atom stereocenters. The van der Waals surface area contributed by atoms with Gasteiger partial charge in [0.05, 0.1) is 29.1 Å². The average Bonchev–Trinajstić information content (AvgIpc) is 3.37. The van der Waals surface area contributed by atoms with E-state index in [-0.39, 0.29) is 5.91 Å². The molecule has 0 saturated carbocycles. The van der Waals surface area contributed by atoms with E-state index in [1.165, 1.54) is 11.3 Å². The highest BCUT2D eigenvalue weighted by atomic mass is 35.5. The highest BCUT2D eigenvalue weighted by molar-refractivity contribution is 7.22. The van der Waals surface area contributed by atoms with Gasteiger partial charge < -0.3 is 4.74 Å². The third kappa shape index (κ3) is 5.42. The molecule has 4 aromatic rings. The summed E-state index contributed by atoms with van der Waals surface area (Å²) in [6, 6.07) is 13.2. The van der Waals surface area contributed by atoms with Gasteiger partial charge in [0.1, 0.15) is 5.75 Å². The minimum atomic E-state index is -0.107. The van der Waals surface area contributed by atoms with Crippen LogP contribution in [0.15, 0.2) is 42.5 Å². The number of thiazole rings is 1. The molecule has 0 fully saturated rings. The van der Waals surface area contributed by atoms with Crippen LogP contribution in [0.2, 0.25) is 5.02 Å². The van der Waals surface area contributed by atoms with Crippen molar-refractivity contribution in [1.29, 1.82) is 0 Å². The van der Waals surface area contributed by atoms with Crippen LogP contribution < -0.4 is 9.64 Å². The lowest BCUT2D eigenvalue weighted by Crippen LogP contribution is -2.34. The van der Waals surface area contributed by atoms with Crippen LogP contribution in [-0.2, 0) is 6.54 Å². The molecule has 2 aromatic carbocycles. The van der Waals surface area contributed by atoms with Crippen molar-refractivity contribution < 1.29 is 9.53 Å². The van der Waals surface area contributed by atoms with Gasteiger partial charge in [-0.15, -0.1) is 0 Å². The van der Waals surface area contributed by atoms with Crippen LogP contribution in [0.1, 0.15) is 47.1 Å². The summed E-state index contributed by atoms with van der Waals surface area (Å²) in [6.07, 6.45) is 2.08. The summed E-state index contributed by atoms with van der Waals surface area (Å²) in [4.78, 5) is 20.2. The zero-order chi connectivity index (χ0) is 24.2. The number of rotatable bonds is 9. The van der Waals surface area contributed by atoms with Gasteiger partial charge in [0.2, 0.25) is 0 Å². The van der Waals surface area contributed by atoms with Crippen molar-refractivity contribution >= 4 is 44.2 Å². The van der Waals surface area contributed by atoms with E-state index in [0.717, 1.165) is 45.8 Å². The molecule has 0 radical (unpaired) electrons. The fourth-order valence-corrected chi connectivity index (χ4v) is 5.27. The summed E-state index contributed by atoms with van der Waals surface area (Å²) in [6.45, 7) is 9.79. The van der Waals surface area contributed by atoms with Gasteiger partial charge in [-0.2, -0.15) is 5.10 Å². The van der Waals surface area contributed by atoms with Crippen LogP contribution in [0.3, 0.4) is 0 Å². The Hall–Kier alpha value is -2.90. The van der Waals surface area contributed by atoms with Gasteiger partial charge in [-0.1, -0.05) is 36.3 Å². The Morgan fingerprint density at radius 3 is 2.59 bits per heavy atom. The first-order valence-electron chi connectivity index (χ1n) is 11.5. The molecule has 0 N–H and O–H groups in total. The number of anilines is 1. The van der Waals surface area contributed by atoms with Crippen LogP contribution in [0.5, 0.6) is 5.75 Å². The van der Waals surface area contributed by atoms with E-state index in [9.17, 15) is 4.79 Å². The molecule has 178 valence electrons. The Morgan fingerprint density at radius 1 is 1.15 bits per heavy atom. The lowest BCUT2D eigenvalue weighted by Gasteiger charge is -2.20. The molecule has 0 aliphatic heterocycles. The SMILES string of the molecule is CCCCOc1ccc(C(=O)N(CCn2nc(C)cc2C)c2nc3c(C)cc(Cl)cc3s2)cc1. The molecule has 1 amide bonds. The Bertz CT molecular complexity index is 1300. The molecule has 0 bridgehead atoms. The predicted octanol–water partition coefficient (Wildman–Crippen LogP) is 6.60. The van der Waals surface area contributed by atoms with E-state index in [0.29, 0.717) is 35.4 Å². The van der Waals surface area contributed by atoms with Crippen molar-refractivity contribution in [2.45, 2.75) is 47.1 Å².